The van der Waals surface area contributed by atoms with Crippen molar-refractivity contribution >= 4 is 5.91 Å². The summed E-state index contributed by atoms with van der Waals surface area (Å²) < 4.78 is 22.8. The fourth-order valence-corrected chi connectivity index (χ4v) is 9.23. The Morgan fingerprint density at radius 1 is 0.522 bits per heavy atom. The highest BCUT2D eigenvalue weighted by molar-refractivity contribution is 5.76. The third kappa shape index (κ3) is 27.2. The molecule has 0 aromatic rings. The van der Waals surface area contributed by atoms with Gasteiger partial charge >= 0.3 is 0 Å². The zero-order valence-electron chi connectivity index (χ0n) is 42.2. The quantitative estimate of drug-likeness (QED) is 0.0209. The summed E-state index contributed by atoms with van der Waals surface area (Å²) in [5.41, 5.74) is 0. The second-order valence-electron chi connectivity index (χ2n) is 19.7. The molecule has 14 nitrogen and oxygen atoms in total. The summed E-state index contributed by atoms with van der Waals surface area (Å²) in [6.07, 6.45) is 26.3. The van der Waals surface area contributed by atoms with Crippen LogP contribution in [-0.2, 0) is 23.7 Å². The largest absolute Gasteiger partial charge is 0.394 e. The minimum atomic E-state index is -1.78. The first-order valence-electron chi connectivity index (χ1n) is 27.4. The normalized spacial score (nSPS) is 26.6. The zero-order chi connectivity index (χ0) is 48.9. The molecule has 12 atom stereocenters. The van der Waals surface area contributed by atoms with Gasteiger partial charge in [-0.25, -0.2) is 0 Å². The first kappa shape index (κ1) is 61.8. The van der Waals surface area contributed by atoms with Crippen LogP contribution in [0.3, 0.4) is 0 Å². The van der Waals surface area contributed by atoms with Crippen molar-refractivity contribution in [2.24, 2.45) is 0 Å². The summed E-state index contributed by atoms with van der Waals surface area (Å²) in [7, 11) is 0. The van der Waals surface area contributed by atoms with Crippen molar-refractivity contribution in [2.75, 3.05) is 19.8 Å². The Hall–Kier alpha value is -1.27. The number of carbonyl (C=O) groups excluding carboxylic acids is 1. The average molecular weight is 960 g/mol. The smallest absolute Gasteiger partial charge is 0.220 e. The molecule has 0 radical (unpaired) electrons. The molecule has 2 rings (SSSR count). The van der Waals surface area contributed by atoms with E-state index in [0.29, 0.717) is 12.8 Å². The van der Waals surface area contributed by atoms with E-state index in [1.54, 1.807) is 0 Å². The Morgan fingerprint density at radius 3 is 1.42 bits per heavy atom. The lowest BCUT2D eigenvalue weighted by molar-refractivity contribution is -0.359. The van der Waals surface area contributed by atoms with Gasteiger partial charge in [-0.1, -0.05) is 193 Å². The molecule has 14 heteroatoms. The molecule has 2 aliphatic heterocycles. The maximum Gasteiger partial charge on any atom is 0.220 e. The summed E-state index contributed by atoms with van der Waals surface area (Å²) in [5.74, 6) is -0.209. The van der Waals surface area contributed by atoms with Gasteiger partial charge in [0.05, 0.1) is 32.0 Å². The number of aliphatic hydroxyl groups is 8. The van der Waals surface area contributed by atoms with Crippen molar-refractivity contribution in [1.82, 2.24) is 5.32 Å². The molecule has 9 N–H and O–H groups in total. The van der Waals surface area contributed by atoms with Gasteiger partial charge in [0.25, 0.3) is 0 Å². The second-order valence-corrected chi connectivity index (χ2v) is 19.7. The van der Waals surface area contributed by atoms with Crippen molar-refractivity contribution in [1.29, 1.82) is 0 Å². The van der Waals surface area contributed by atoms with Gasteiger partial charge in [0.2, 0.25) is 5.91 Å². The van der Waals surface area contributed by atoms with Crippen LogP contribution in [0.2, 0.25) is 0 Å². The van der Waals surface area contributed by atoms with Crippen LogP contribution in [-0.4, -0.2) is 140 Å². The van der Waals surface area contributed by atoms with E-state index in [2.05, 4.69) is 31.3 Å². The molecule has 1 amide bonds. The highest BCUT2D eigenvalue weighted by Gasteiger charge is 2.51. The standard InChI is InChI=1S/C53H101NO13/c1-3-5-7-9-11-13-15-17-19-21-23-25-27-29-31-33-35-37-45(58)54-41(42(57)36-34-32-30-28-26-24-22-20-18-16-14-12-10-8-6-4-2)40-64-52-50(63)48(61)51(44(39-56)66-52)67-53-49(62)47(60)46(59)43(38-55)65-53/h17,19,41-44,46-53,55-57,59-63H,3-16,18,20-40H2,1-2H3,(H,54,58)/b19-17-. The van der Waals surface area contributed by atoms with Gasteiger partial charge in [0.1, 0.15) is 48.8 Å². The molecule has 0 aromatic heterocycles. The third-order valence-corrected chi connectivity index (χ3v) is 13.7. The molecule has 2 heterocycles. The van der Waals surface area contributed by atoms with Crippen LogP contribution in [0, 0.1) is 0 Å². The summed E-state index contributed by atoms with van der Waals surface area (Å²) in [4.78, 5) is 13.2. The molecule has 396 valence electrons. The molecule has 2 fully saturated rings. The molecule has 0 aliphatic carbocycles. The lowest BCUT2D eigenvalue weighted by Crippen LogP contribution is -2.65. The molecule has 67 heavy (non-hydrogen) atoms. The van der Waals surface area contributed by atoms with E-state index in [9.17, 15) is 45.6 Å². The Morgan fingerprint density at radius 2 is 0.940 bits per heavy atom. The second kappa shape index (κ2) is 40.3. The highest BCUT2D eigenvalue weighted by atomic mass is 16.7. The van der Waals surface area contributed by atoms with Gasteiger partial charge in [-0.05, 0) is 38.5 Å². The summed E-state index contributed by atoms with van der Waals surface area (Å²) in [6, 6.07) is -0.827. The molecule has 0 saturated carbocycles. The fraction of sp³-hybridized carbons (Fsp3) is 0.943. The van der Waals surface area contributed by atoms with Crippen LogP contribution in [0.15, 0.2) is 12.2 Å². The van der Waals surface area contributed by atoms with Crippen LogP contribution in [0.5, 0.6) is 0 Å². The minimum absolute atomic E-state index is 0.209. The van der Waals surface area contributed by atoms with Crippen molar-refractivity contribution < 1.29 is 64.6 Å². The number of carbonyl (C=O) groups is 1. The number of rotatable bonds is 43. The predicted molar refractivity (Wildman–Crippen MR) is 263 cm³/mol. The SMILES string of the molecule is CCCCCCCC/C=C\CCCCCCCCCC(=O)NC(COC1OC(CO)C(OC2OC(CO)C(O)C(O)C2O)C(O)C1O)C(O)CCCCCCCCCCCCCCCCCC. The zero-order valence-corrected chi connectivity index (χ0v) is 42.2. The number of hydrogen-bond donors (Lipinski definition) is 9. The number of nitrogens with one attached hydrogen (secondary N) is 1. The monoisotopic (exact) mass is 960 g/mol. The van der Waals surface area contributed by atoms with E-state index in [0.717, 1.165) is 57.8 Å². The van der Waals surface area contributed by atoms with Gasteiger partial charge < -0.3 is 65.1 Å². The van der Waals surface area contributed by atoms with Crippen LogP contribution >= 0.6 is 0 Å². The van der Waals surface area contributed by atoms with Gasteiger partial charge in [-0.3, -0.25) is 4.79 Å². The van der Waals surface area contributed by atoms with E-state index < -0.39 is 86.8 Å². The highest BCUT2D eigenvalue weighted by Crippen LogP contribution is 2.30. The number of aliphatic hydroxyl groups excluding tert-OH is 8. The predicted octanol–water partition coefficient (Wildman–Crippen LogP) is 7.94. The molecule has 2 aliphatic rings. The Labute approximate surface area is 406 Å². The van der Waals surface area contributed by atoms with Crippen LogP contribution < -0.4 is 5.32 Å². The molecular formula is C53H101NO13. The van der Waals surface area contributed by atoms with Gasteiger partial charge in [0, 0.05) is 6.42 Å². The number of hydrogen-bond acceptors (Lipinski definition) is 13. The topological polar surface area (TPSA) is 228 Å². The van der Waals surface area contributed by atoms with E-state index in [4.69, 9.17) is 18.9 Å². The summed E-state index contributed by atoms with van der Waals surface area (Å²) in [5, 5.41) is 87.0. The van der Waals surface area contributed by atoms with E-state index in [-0.39, 0.29) is 12.5 Å². The van der Waals surface area contributed by atoms with Crippen molar-refractivity contribution in [3.8, 4) is 0 Å². The van der Waals surface area contributed by atoms with Crippen molar-refractivity contribution in [2.45, 2.75) is 299 Å². The van der Waals surface area contributed by atoms with Crippen molar-refractivity contribution in [3.63, 3.8) is 0 Å². The number of unbranched alkanes of at least 4 members (excludes halogenated alkanes) is 28. The van der Waals surface area contributed by atoms with E-state index in [1.165, 1.54) is 141 Å². The van der Waals surface area contributed by atoms with Gasteiger partial charge in [-0.15, -0.1) is 0 Å². The van der Waals surface area contributed by atoms with Crippen LogP contribution in [0.4, 0.5) is 0 Å². The van der Waals surface area contributed by atoms with Crippen molar-refractivity contribution in [3.05, 3.63) is 12.2 Å². The molecule has 0 spiro atoms. The molecule has 0 bridgehead atoms. The Bertz CT molecular complexity index is 1180. The molecule has 0 aromatic carbocycles. The molecule has 2 saturated heterocycles. The number of allylic oxidation sites excluding steroid dienone is 2. The fourth-order valence-electron chi connectivity index (χ4n) is 9.23. The maximum absolute atomic E-state index is 13.2. The molecular weight excluding hydrogens is 859 g/mol. The Balaban J connectivity index is 1.80. The first-order chi connectivity index (χ1) is 32.6. The number of ether oxygens (including phenoxy) is 4. The third-order valence-electron chi connectivity index (χ3n) is 13.7. The van der Waals surface area contributed by atoms with E-state index in [1.807, 2.05) is 0 Å². The summed E-state index contributed by atoms with van der Waals surface area (Å²) >= 11 is 0. The van der Waals surface area contributed by atoms with Crippen LogP contribution in [0.25, 0.3) is 0 Å². The first-order valence-corrected chi connectivity index (χ1v) is 27.4. The summed E-state index contributed by atoms with van der Waals surface area (Å²) in [6.45, 7) is 2.86. The lowest BCUT2D eigenvalue weighted by Gasteiger charge is -2.46. The van der Waals surface area contributed by atoms with Gasteiger partial charge in [-0.2, -0.15) is 0 Å². The Kier molecular flexibility index (Phi) is 37.2. The molecule has 12 unspecified atom stereocenters. The number of amides is 1. The van der Waals surface area contributed by atoms with Gasteiger partial charge in [0.15, 0.2) is 12.6 Å². The van der Waals surface area contributed by atoms with E-state index >= 15 is 0 Å². The maximum atomic E-state index is 13.2. The minimum Gasteiger partial charge on any atom is -0.394 e. The van der Waals surface area contributed by atoms with Crippen LogP contribution in [0.1, 0.15) is 226 Å². The average Bonchev–Trinajstić information content (AvgIpc) is 3.32. The lowest BCUT2D eigenvalue weighted by atomic mass is 9.97.